The van der Waals surface area contributed by atoms with Crippen LogP contribution in [0.25, 0.3) is 0 Å². The molecule has 0 amide bonds. The topological polar surface area (TPSA) is 95.1 Å². The summed E-state index contributed by atoms with van der Waals surface area (Å²) in [5.74, 6) is 0.497. The zero-order chi connectivity index (χ0) is 16.7. The molecule has 0 aromatic heterocycles. The zero-order valence-corrected chi connectivity index (χ0v) is 13.1. The third-order valence-corrected chi connectivity index (χ3v) is 5.02. The summed E-state index contributed by atoms with van der Waals surface area (Å²) < 4.78 is 35.4. The Morgan fingerprint density at radius 2 is 1.83 bits per heavy atom. The van der Waals surface area contributed by atoms with E-state index in [-0.39, 0.29) is 24.7 Å². The highest BCUT2D eigenvalue weighted by Crippen LogP contribution is 2.24. The first-order valence-electron chi connectivity index (χ1n) is 6.98. The summed E-state index contributed by atoms with van der Waals surface area (Å²) in [6.45, 7) is -0.173. The summed E-state index contributed by atoms with van der Waals surface area (Å²) >= 11 is 0. The molecule has 0 fully saturated rings. The Morgan fingerprint density at radius 3 is 2.39 bits per heavy atom. The average Bonchev–Trinajstić information content (AvgIpc) is 2.59. The second-order valence-corrected chi connectivity index (χ2v) is 6.75. The summed E-state index contributed by atoms with van der Waals surface area (Å²) in [5, 5.41) is 16.5. The molecule has 0 unspecified atom stereocenters. The van der Waals surface area contributed by atoms with Gasteiger partial charge in [-0.3, -0.25) is 0 Å². The van der Waals surface area contributed by atoms with Crippen LogP contribution in [0.4, 0.5) is 0 Å². The monoisotopic (exact) mass is 338 g/mol. The fraction of sp³-hybridized carbons (Fsp3) is 0.250. The second-order valence-electron chi connectivity index (χ2n) is 4.64. The van der Waals surface area contributed by atoms with Crippen molar-refractivity contribution in [3.63, 3.8) is 0 Å². The summed E-state index contributed by atoms with van der Waals surface area (Å²) in [6.07, 6.45) is 7.81. The molecule has 0 radical (unpaired) electrons. The minimum Gasteiger partial charge on any atom is -0.491 e. The maximum Gasteiger partial charge on any atom is 0.259 e. The number of hydrogen-bond donors (Lipinski definition) is 2. The van der Waals surface area contributed by atoms with Gasteiger partial charge in [-0.1, -0.05) is 0 Å². The Bertz CT molecular complexity index is 674. The molecule has 0 heterocycles. The van der Waals surface area contributed by atoms with Crippen LogP contribution in [0, 0.1) is 6.10 Å². The lowest BCUT2D eigenvalue weighted by atomic mass is 10.2. The molecule has 0 aliphatic heterocycles. The van der Waals surface area contributed by atoms with Gasteiger partial charge in [0.2, 0.25) is 6.29 Å². The standard InChI is InChI=1S/C16H18O6S/c17-9-11-21-13-1-5-15(6-2-13)23(19,20)16-7-3-14(4-8-16)22-12-10-18/h1-8,11,15,17-18H,9-10,12H2. The molecule has 23 heavy (non-hydrogen) atoms. The van der Waals surface area contributed by atoms with E-state index in [4.69, 9.17) is 19.4 Å². The Balaban J connectivity index is 2.10. The van der Waals surface area contributed by atoms with E-state index in [0.717, 1.165) is 0 Å². The highest BCUT2D eigenvalue weighted by molar-refractivity contribution is 7.92. The van der Waals surface area contributed by atoms with E-state index in [0.29, 0.717) is 11.9 Å². The first-order valence-corrected chi connectivity index (χ1v) is 8.52. The highest BCUT2D eigenvalue weighted by atomic mass is 32.2. The molecule has 0 saturated heterocycles. The van der Waals surface area contributed by atoms with Crippen molar-refractivity contribution >= 4 is 16.1 Å². The average molecular weight is 338 g/mol. The highest BCUT2D eigenvalue weighted by Gasteiger charge is 2.23. The van der Waals surface area contributed by atoms with E-state index in [1.54, 1.807) is 24.3 Å². The predicted octanol–water partition coefficient (Wildman–Crippen LogP) is 0.585. The van der Waals surface area contributed by atoms with E-state index in [9.17, 15) is 8.42 Å². The van der Waals surface area contributed by atoms with Crippen LogP contribution in [-0.2, 0) is 14.3 Å². The van der Waals surface area contributed by atoms with Gasteiger partial charge in [-0.25, -0.2) is 8.42 Å². The molecule has 1 aliphatic carbocycles. The van der Waals surface area contributed by atoms with Crippen molar-refractivity contribution in [2.24, 2.45) is 0 Å². The van der Waals surface area contributed by atoms with Crippen LogP contribution >= 0.6 is 0 Å². The van der Waals surface area contributed by atoms with Gasteiger partial charge in [-0.15, -0.1) is 12.2 Å². The van der Waals surface area contributed by atoms with E-state index in [1.165, 1.54) is 30.6 Å². The minimum absolute atomic E-state index is 0.105. The first kappa shape index (κ1) is 17.3. The number of sulfone groups is 1. The molecule has 6 nitrogen and oxygen atoms in total. The Labute approximate surface area is 135 Å². The lowest BCUT2D eigenvalue weighted by Gasteiger charge is -2.17. The SMILES string of the molecule is O=S(=O)(c1ccc(OCCO)cc1)C1C=C[C-]([O+]=CCO)C=C1. The van der Waals surface area contributed by atoms with Crippen molar-refractivity contribution in [3.8, 4) is 5.75 Å². The molecule has 2 N–H and O–H groups in total. The van der Waals surface area contributed by atoms with Gasteiger partial charge < -0.3 is 19.4 Å². The molecule has 0 atom stereocenters. The fourth-order valence-corrected chi connectivity index (χ4v) is 3.36. The van der Waals surface area contributed by atoms with Crippen LogP contribution in [0.3, 0.4) is 0 Å². The molecule has 124 valence electrons. The first-order chi connectivity index (χ1) is 11.1. The fourth-order valence-electron chi connectivity index (χ4n) is 1.96. The van der Waals surface area contributed by atoms with E-state index < -0.39 is 15.1 Å². The van der Waals surface area contributed by atoms with E-state index >= 15 is 0 Å². The normalized spacial score (nSPS) is 15.5. The number of aliphatic hydroxyl groups excluding tert-OH is 2. The van der Waals surface area contributed by atoms with Crippen LogP contribution in [0.1, 0.15) is 0 Å². The van der Waals surface area contributed by atoms with Crippen molar-refractivity contribution < 1.29 is 27.8 Å². The van der Waals surface area contributed by atoms with Crippen molar-refractivity contribution in [1.29, 1.82) is 0 Å². The molecule has 0 bridgehead atoms. The van der Waals surface area contributed by atoms with Gasteiger partial charge in [-0.2, -0.15) is 0 Å². The number of rotatable bonds is 7. The number of aldehydes is 1. The molecule has 1 aliphatic rings. The molecule has 1 aromatic rings. The Kier molecular flexibility index (Phi) is 5.97. The molecular formula is C16H18O6S. The maximum atomic E-state index is 12.6. The van der Waals surface area contributed by atoms with Crippen LogP contribution in [-0.4, -0.2) is 50.0 Å². The largest absolute Gasteiger partial charge is 0.491 e. The van der Waals surface area contributed by atoms with Gasteiger partial charge in [-0.05, 0) is 36.4 Å². The lowest BCUT2D eigenvalue weighted by Crippen LogP contribution is -2.19. The maximum absolute atomic E-state index is 12.6. The summed E-state index contributed by atoms with van der Waals surface area (Å²) in [5.41, 5.74) is 0. The quantitative estimate of drug-likeness (QED) is 0.431. The van der Waals surface area contributed by atoms with Gasteiger partial charge in [0.25, 0.3) is 6.10 Å². The number of aliphatic hydroxyl groups is 2. The molecule has 0 spiro atoms. The van der Waals surface area contributed by atoms with Crippen molar-refractivity contribution in [2.45, 2.75) is 10.1 Å². The molecule has 7 heteroatoms. The van der Waals surface area contributed by atoms with Gasteiger partial charge in [0.1, 0.15) is 19.0 Å². The van der Waals surface area contributed by atoms with Crippen molar-refractivity contribution in [3.05, 3.63) is 54.7 Å². The van der Waals surface area contributed by atoms with Gasteiger partial charge >= 0.3 is 0 Å². The minimum atomic E-state index is -3.55. The lowest BCUT2D eigenvalue weighted by molar-refractivity contribution is -0.419. The second kappa shape index (κ2) is 7.96. The summed E-state index contributed by atoms with van der Waals surface area (Å²) in [4.78, 5) is 0.180. The molecule has 0 saturated carbocycles. The van der Waals surface area contributed by atoms with Crippen LogP contribution in [0.15, 0.2) is 53.5 Å². The third kappa shape index (κ3) is 4.44. The van der Waals surface area contributed by atoms with Gasteiger partial charge in [0.15, 0.2) is 9.84 Å². The number of ether oxygens (including phenoxy) is 1. The van der Waals surface area contributed by atoms with Crippen LogP contribution in [0.2, 0.25) is 0 Å². The summed E-state index contributed by atoms with van der Waals surface area (Å²) in [6, 6.07) is 6.04. The summed E-state index contributed by atoms with van der Waals surface area (Å²) in [7, 11) is -3.55. The molecular weight excluding hydrogens is 320 g/mol. The van der Waals surface area contributed by atoms with Crippen LogP contribution in [0.5, 0.6) is 5.75 Å². The number of hydrogen-bond acceptors (Lipinski definition) is 5. The van der Waals surface area contributed by atoms with Crippen LogP contribution < -0.4 is 4.74 Å². The molecule has 2 rings (SSSR count). The van der Waals surface area contributed by atoms with Crippen molar-refractivity contribution in [2.75, 3.05) is 19.8 Å². The van der Waals surface area contributed by atoms with Crippen molar-refractivity contribution in [1.82, 2.24) is 0 Å². The zero-order valence-electron chi connectivity index (χ0n) is 12.3. The van der Waals surface area contributed by atoms with E-state index in [1.807, 2.05) is 0 Å². The number of benzene rings is 1. The van der Waals surface area contributed by atoms with E-state index in [2.05, 4.69) is 0 Å². The van der Waals surface area contributed by atoms with Gasteiger partial charge in [0.05, 0.1) is 11.5 Å². The Morgan fingerprint density at radius 1 is 1.17 bits per heavy atom. The third-order valence-electron chi connectivity index (χ3n) is 3.06. The molecule has 1 aromatic carbocycles. The van der Waals surface area contributed by atoms with Gasteiger partial charge in [0, 0.05) is 5.25 Å². The number of carbonyl (C=O) groups excluding carboxylic acids is 1. The predicted molar refractivity (Wildman–Crippen MR) is 84.7 cm³/mol. The Hall–Kier alpha value is -2.09. The smallest absolute Gasteiger partial charge is 0.259 e.